The summed E-state index contributed by atoms with van der Waals surface area (Å²) in [6.07, 6.45) is 20.6. The number of hydrogen-bond donors (Lipinski definition) is 0. The van der Waals surface area contributed by atoms with E-state index in [-0.39, 0.29) is 12.1 Å². The SMILES string of the molecule is CCCCCCCCC=CCCCC[C@H]1CCC(=O)O1. The Hall–Kier alpha value is -0.790. The van der Waals surface area contributed by atoms with Gasteiger partial charge in [-0.05, 0) is 44.9 Å². The fourth-order valence-corrected chi connectivity index (χ4v) is 2.70. The molecule has 1 heterocycles. The molecular formula is C18H32O2. The summed E-state index contributed by atoms with van der Waals surface area (Å²) < 4.78 is 5.20. The molecule has 0 spiro atoms. The molecule has 116 valence electrons. The fraction of sp³-hybridized carbons (Fsp3) is 0.833. The van der Waals surface area contributed by atoms with Gasteiger partial charge < -0.3 is 4.74 Å². The first-order valence-electron chi connectivity index (χ1n) is 8.67. The second-order valence-electron chi connectivity index (χ2n) is 5.96. The van der Waals surface area contributed by atoms with Gasteiger partial charge in [0, 0.05) is 6.42 Å². The van der Waals surface area contributed by atoms with Crippen molar-refractivity contribution in [2.75, 3.05) is 0 Å². The molecule has 0 radical (unpaired) electrons. The van der Waals surface area contributed by atoms with Crippen LogP contribution in [0.3, 0.4) is 0 Å². The summed E-state index contributed by atoms with van der Waals surface area (Å²) in [6, 6.07) is 0. The molecule has 2 nitrogen and oxygen atoms in total. The van der Waals surface area contributed by atoms with E-state index in [0.29, 0.717) is 6.42 Å². The van der Waals surface area contributed by atoms with Gasteiger partial charge in [-0.25, -0.2) is 0 Å². The molecule has 0 bridgehead atoms. The second-order valence-corrected chi connectivity index (χ2v) is 5.96. The van der Waals surface area contributed by atoms with Crippen LogP contribution in [-0.4, -0.2) is 12.1 Å². The van der Waals surface area contributed by atoms with Crippen LogP contribution in [0.15, 0.2) is 12.2 Å². The number of unbranched alkanes of at least 4 members (excludes halogenated alkanes) is 8. The quantitative estimate of drug-likeness (QED) is 0.266. The van der Waals surface area contributed by atoms with Gasteiger partial charge >= 0.3 is 5.97 Å². The Labute approximate surface area is 125 Å². The highest BCUT2D eigenvalue weighted by Crippen LogP contribution is 2.19. The zero-order chi connectivity index (χ0) is 14.5. The summed E-state index contributed by atoms with van der Waals surface area (Å²) in [5.41, 5.74) is 0. The number of hydrogen-bond acceptors (Lipinski definition) is 2. The summed E-state index contributed by atoms with van der Waals surface area (Å²) >= 11 is 0. The Morgan fingerprint density at radius 1 is 1.00 bits per heavy atom. The Balaban J connectivity index is 1.79. The third-order valence-electron chi connectivity index (χ3n) is 4.01. The number of carbonyl (C=O) groups is 1. The molecule has 2 heteroatoms. The lowest BCUT2D eigenvalue weighted by molar-refractivity contribution is -0.141. The lowest BCUT2D eigenvalue weighted by Crippen LogP contribution is -2.05. The molecule has 1 rings (SSSR count). The van der Waals surface area contributed by atoms with Crippen LogP contribution >= 0.6 is 0 Å². The van der Waals surface area contributed by atoms with E-state index in [9.17, 15) is 4.79 Å². The van der Waals surface area contributed by atoms with Crippen LogP contribution in [0.5, 0.6) is 0 Å². The molecule has 0 aliphatic carbocycles. The molecule has 1 atom stereocenters. The van der Waals surface area contributed by atoms with E-state index >= 15 is 0 Å². The molecule has 1 aliphatic heterocycles. The maximum absolute atomic E-state index is 10.9. The molecule has 0 N–H and O–H groups in total. The van der Waals surface area contributed by atoms with Crippen LogP contribution in [0.1, 0.15) is 90.4 Å². The van der Waals surface area contributed by atoms with Crippen molar-refractivity contribution < 1.29 is 9.53 Å². The Morgan fingerprint density at radius 3 is 2.30 bits per heavy atom. The first-order chi connectivity index (χ1) is 9.83. The Bertz CT molecular complexity index is 271. The second kappa shape index (κ2) is 12.0. The monoisotopic (exact) mass is 280 g/mol. The van der Waals surface area contributed by atoms with Crippen molar-refractivity contribution in [3.05, 3.63) is 12.2 Å². The molecule has 0 aromatic heterocycles. The fourth-order valence-electron chi connectivity index (χ4n) is 2.70. The van der Waals surface area contributed by atoms with Crippen LogP contribution in [0.25, 0.3) is 0 Å². The van der Waals surface area contributed by atoms with E-state index in [4.69, 9.17) is 4.74 Å². The maximum Gasteiger partial charge on any atom is 0.306 e. The molecule has 0 aromatic rings. The maximum atomic E-state index is 10.9. The largest absolute Gasteiger partial charge is 0.462 e. The highest BCUT2D eigenvalue weighted by molar-refractivity contribution is 5.71. The van der Waals surface area contributed by atoms with Gasteiger partial charge in [-0.1, -0.05) is 51.2 Å². The van der Waals surface area contributed by atoms with Crippen molar-refractivity contribution in [1.82, 2.24) is 0 Å². The van der Waals surface area contributed by atoms with Crippen molar-refractivity contribution in [2.45, 2.75) is 96.5 Å². The highest BCUT2D eigenvalue weighted by Gasteiger charge is 2.22. The van der Waals surface area contributed by atoms with E-state index < -0.39 is 0 Å². The summed E-state index contributed by atoms with van der Waals surface area (Å²) in [4.78, 5) is 10.9. The summed E-state index contributed by atoms with van der Waals surface area (Å²) in [5.74, 6) is -0.00571. The van der Waals surface area contributed by atoms with Crippen LogP contribution < -0.4 is 0 Å². The van der Waals surface area contributed by atoms with Crippen LogP contribution in [0.2, 0.25) is 0 Å². The van der Waals surface area contributed by atoms with Gasteiger partial charge in [-0.15, -0.1) is 0 Å². The molecule has 1 fully saturated rings. The molecule has 1 saturated heterocycles. The molecule has 0 amide bonds. The van der Waals surface area contributed by atoms with Gasteiger partial charge in [-0.2, -0.15) is 0 Å². The Kier molecular flexibility index (Phi) is 10.3. The number of rotatable bonds is 12. The number of allylic oxidation sites excluding steroid dienone is 2. The standard InChI is InChI=1S/C18H32O2/c1-2-3-4-5-6-7-8-9-10-11-12-13-14-17-15-16-18(19)20-17/h9-10,17H,2-8,11-16H2,1H3/t17-/m0/s1. The zero-order valence-corrected chi connectivity index (χ0v) is 13.2. The van der Waals surface area contributed by atoms with E-state index in [1.54, 1.807) is 0 Å². The van der Waals surface area contributed by atoms with Crippen molar-refractivity contribution in [3.63, 3.8) is 0 Å². The minimum absolute atomic E-state index is 0.00571. The topological polar surface area (TPSA) is 26.3 Å². The average molecular weight is 280 g/mol. The summed E-state index contributed by atoms with van der Waals surface area (Å²) in [6.45, 7) is 2.26. The third-order valence-corrected chi connectivity index (χ3v) is 4.01. The molecule has 0 saturated carbocycles. The zero-order valence-electron chi connectivity index (χ0n) is 13.2. The minimum atomic E-state index is -0.00571. The highest BCUT2D eigenvalue weighted by atomic mass is 16.5. The number of cyclic esters (lactones) is 1. The van der Waals surface area contributed by atoms with Gasteiger partial charge in [0.25, 0.3) is 0 Å². The van der Waals surface area contributed by atoms with Crippen LogP contribution in [0.4, 0.5) is 0 Å². The Morgan fingerprint density at radius 2 is 1.65 bits per heavy atom. The molecule has 1 aliphatic rings. The van der Waals surface area contributed by atoms with Crippen molar-refractivity contribution in [1.29, 1.82) is 0 Å². The minimum Gasteiger partial charge on any atom is -0.462 e. The lowest BCUT2D eigenvalue weighted by Gasteiger charge is -2.07. The number of carbonyl (C=O) groups excluding carboxylic acids is 1. The third kappa shape index (κ3) is 9.17. The van der Waals surface area contributed by atoms with E-state index in [2.05, 4.69) is 19.1 Å². The van der Waals surface area contributed by atoms with Crippen molar-refractivity contribution in [3.8, 4) is 0 Å². The van der Waals surface area contributed by atoms with Gasteiger partial charge in [0.2, 0.25) is 0 Å². The van der Waals surface area contributed by atoms with Crippen LogP contribution in [-0.2, 0) is 9.53 Å². The van der Waals surface area contributed by atoms with Crippen molar-refractivity contribution in [2.24, 2.45) is 0 Å². The van der Waals surface area contributed by atoms with E-state index in [1.807, 2.05) is 0 Å². The molecule has 0 aromatic carbocycles. The van der Waals surface area contributed by atoms with Crippen molar-refractivity contribution >= 4 is 5.97 Å². The first kappa shape index (κ1) is 17.3. The van der Waals surface area contributed by atoms with E-state index in [1.165, 1.54) is 64.2 Å². The number of ether oxygens (including phenoxy) is 1. The molecule has 0 unspecified atom stereocenters. The lowest BCUT2D eigenvalue weighted by atomic mass is 10.1. The smallest absolute Gasteiger partial charge is 0.306 e. The predicted molar refractivity (Wildman–Crippen MR) is 84.7 cm³/mol. The number of esters is 1. The molecule has 20 heavy (non-hydrogen) atoms. The summed E-state index contributed by atoms with van der Waals surface area (Å²) in [7, 11) is 0. The van der Waals surface area contributed by atoms with Gasteiger partial charge in [0.05, 0.1) is 0 Å². The molecular weight excluding hydrogens is 248 g/mol. The summed E-state index contributed by atoms with van der Waals surface area (Å²) in [5, 5.41) is 0. The van der Waals surface area contributed by atoms with Gasteiger partial charge in [0.1, 0.15) is 6.10 Å². The predicted octanol–water partition coefficient (Wildman–Crippen LogP) is 5.56. The van der Waals surface area contributed by atoms with Gasteiger partial charge in [0.15, 0.2) is 0 Å². The van der Waals surface area contributed by atoms with Gasteiger partial charge in [-0.3, -0.25) is 4.79 Å². The average Bonchev–Trinajstić information content (AvgIpc) is 2.86. The normalized spacial score (nSPS) is 18.9. The van der Waals surface area contributed by atoms with Crippen LogP contribution in [0, 0.1) is 0 Å². The first-order valence-corrected chi connectivity index (χ1v) is 8.67. The van der Waals surface area contributed by atoms with E-state index in [0.717, 1.165) is 12.8 Å².